The zero-order chi connectivity index (χ0) is 24.1. The molecule has 170 valence electrons. The second-order valence-corrected chi connectivity index (χ2v) is 9.86. The molecule has 1 aliphatic carbocycles. The summed E-state index contributed by atoms with van der Waals surface area (Å²) >= 11 is 0. The molecule has 0 fully saturated rings. The van der Waals surface area contributed by atoms with Crippen LogP contribution in [0.25, 0.3) is 33.0 Å². The fourth-order valence-electron chi connectivity index (χ4n) is 6.16. The Labute approximate surface area is 212 Å². The maximum Gasteiger partial charge on any atom is 0.0714 e. The van der Waals surface area contributed by atoms with Crippen LogP contribution in [0.3, 0.4) is 0 Å². The lowest BCUT2D eigenvalue weighted by Crippen LogP contribution is -2.28. The van der Waals surface area contributed by atoms with Crippen LogP contribution in [0.15, 0.2) is 140 Å². The summed E-state index contributed by atoms with van der Waals surface area (Å²) in [6.45, 7) is 2.20. The topological polar surface area (TPSA) is 0 Å². The summed E-state index contributed by atoms with van der Waals surface area (Å²) in [6.07, 6.45) is 0. The van der Waals surface area contributed by atoms with Crippen molar-refractivity contribution in [2.24, 2.45) is 0 Å². The molecule has 0 spiro atoms. The third kappa shape index (κ3) is 3.01. The molecule has 0 nitrogen and oxygen atoms in total. The van der Waals surface area contributed by atoms with E-state index in [1.807, 2.05) is 0 Å². The van der Waals surface area contributed by atoms with Crippen molar-refractivity contribution < 1.29 is 0 Å². The normalized spacial score (nSPS) is 16.0. The summed E-state index contributed by atoms with van der Waals surface area (Å²) in [5, 5.41) is 2.56. The Bertz CT molecular complexity index is 1730. The summed E-state index contributed by atoms with van der Waals surface area (Å²) in [5.41, 5.74) is 11.4. The van der Waals surface area contributed by atoms with Gasteiger partial charge in [0.05, 0.1) is 5.41 Å². The van der Waals surface area contributed by atoms with Crippen LogP contribution in [0.1, 0.15) is 27.8 Å². The Balaban J connectivity index is 1.63. The van der Waals surface area contributed by atoms with Crippen LogP contribution in [0.2, 0.25) is 0 Å². The highest BCUT2D eigenvalue weighted by molar-refractivity contribution is 5.96. The van der Waals surface area contributed by atoms with E-state index in [2.05, 4.69) is 146 Å². The van der Waals surface area contributed by atoms with Crippen molar-refractivity contribution in [3.8, 4) is 22.3 Å². The van der Waals surface area contributed by atoms with Gasteiger partial charge in [-0.25, -0.2) is 0 Å². The fourth-order valence-corrected chi connectivity index (χ4v) is 6.16. The van der Waals surface area contributed by atoms with Crippen LogP contribution in [0.5, 0.6) is 0 Å². The van der Waals surface area contributed by atoms with E-state index in [-0.39, 0.29) is 0 Å². The Hall–Kier alpha value is -4.42. The van der Waals surface area contributed by atoms with E-state index in [0.29, 0.717) is 0 Å². The second kappa shape index (κ2) is 8.07. The van der Waals surface area contributed by atoms with Crippen molar-refractivity contribution >= 4 is 10.8 Å². The first-order valence-corrected chi connectivity index (χ1v) is 12.6. The summed E-state index contributed by atoms with van der Waals surface area (Å²) in [7, 11) is 0. The highest BCUT2D eigenvalue weighted by atomic mass is 14.5. The van der Waals surface area contributed by atoms with Crippen molar-refractivity contribution in [3.05, 3.63) is 167 Å². The van der Waals surface area contributed by atoms with Crippen LogP contribution in [-0.4, -0.2) is 0 Å². The minimum atomic E-state index is -0.396. The first-order chi connectivity index (χ1) is 17.7. The lowest BCUT2D eigenvalue weighted by atomic mass is 9.67. The van der Waals surface area contributed by atoms with Gasteiger partial charge in [-0.05, 0) is 80.4 Å². The van der Waals surface area contributed by atoms with E-state index in [1.165, 1.54) is 60.8 Å². The molecule has 1 atom stereocenters. The molecule has 0 saturated carbocycles. The van der Waals surface area contributed by atoms with Gasteiger partial charge in [0, 0.05) is 0 Å². The largest absolute Gasteiger partial charge is 0.0714 e. The number of aryl methyl sites for hydroxylation is 1. The third-order valence-corrected chi connectivity index (χ3v) is 7.77. The quantitative estimate of drug-likeness (QED) is 0.248. The van der Waals surface area contributed by atoms with Gasteiger partial charge in [0.2, 0.25) is 0 Å². The lowest BCUT2D eigenvalue weighted by Gasteiger charge is -2.34. The van der Waals surface area contributed by atoms with Crippen molar-refractivity contribution in [1.29, 1.82) is 0 Å². The second-order valence-electron chi connectivity index (χ2n) is 9.86. The van der Waals surface area contributed by atoms with E-state index < -0.39 is 5.41 Å². The Kier molecular flexibility index (Phi) is 4.69. The summed E-state index contributed by atoms with van der Waals surface area (Å²) in [6, 6.07) is 51.5. The monoisotopic (exact) mass is 458 g/mol. The molecular formula is C36H26. The standard InChI is InChI=1S/C36H26/c1-25-19-20-32-33-23-28-13-8-9-14-29(28)24-35(33)36(34(32)21-25,30-16-6-3-7-17-30)31-18-10-15-27(22-31)26-11-4-2-5-12-26/h2-24H,1H3. The first kappa shape index (κ1) is 20.9. The van der Waals surface area contributed by atoms with Gasteiger partial charge in [-0.15, -0.1) is 0 Å². The van der Waals surface area contributed by atoms with Gasteiger partial charge >= 0.3 is 0 Å². The van der Waals surface area contributed by atoms with Gasteiger partial charge in [-0.1, -0.05) is 127 Å². The van der Waals surface area contributed by atoms with E-state index in [4.69, 9.17) is 0 Å². The maximum absolute atomic E-state index is 2.43. The highest BCUT2D eigenvalue weighted by Crippen LogP contribution is 2.57. The maximum atomic E-state index is 2.43. The van der Waals surface area contributed by atoms with Crippen LogP contribution >= 0.6 is 0 Å². The van der Waals surface area contributed by atoms with Gasteiger partial charge in [0.15, 0.2) is 0 Å². The molecular weight excluding hydrogens is 432 g/mol. The predicted molar refractivity (Wildman–Crippen MR) is 151 cm³/mol. The number of rotatable bonds is 3. The molecule has 6 aromatic rings. The Morgan fingerprint density at radius 3 is 1.81 bits per heavy atom. The molecule has 1 aliphatic rings. The third-order valence-electron chi connectivity index (χ3n) is 7.77. The molecule has 0 radical (unpaired) electrons. The highest BCUT2D eigenvalue weighted by Gasteiger charge is 2.46. The van der Waals surface area contributed by atoms with Crippen molar-refractivity contribution in [1.82, 2.24) is 0 Å². The predicted octanol–water partition coefficient (Wildman–Crippen LogP) is 9.18. The molecule has 6 aromatic carbocycles. The molecule has 7 rings (SSSR count). The van der Waals surface area contributed by atoms with E-state index in [0.717, 1.165) is 0 Å². The minimum Gasteiger partial charge on any atom is -0.0622 e. The van der Waals surface area contributed by atoms with Crippen LogP contribution in [-0.2, 0) is 5.41 Å². The minimum absolute atomic E-state index is 0.396. The molecule has 0 bridgehead atoms. The molecule has 0 heterocycles. The molecule has 0 saturated heterocycles. The average Bonchev–Trinajstić information content (AvgIpc) is 3.22. The summed E-state index contributed by atoms with van der Waals surface area (Å²) in [5.74, 6) is 0. The lowest BCUT2D eigenvalue weighted by molar-refractivity contribution is 0.769. The number of hydrogen-bond donors (Lipinski definition) is 0. The first-order valence-electron chi connectivity index (χ1n) is 12.6. The average molecular weight is 459 g/mol. The van der Waals surface area contributed by atoms with E-state index in [1.54, 1.807) is 0 Å². The Morgan fingerprint density at radius 1 is 0.417 bits per heavy atom. The molecule has 0 amide bonds. The zero-order valence-electron chi connectivity index (χ0n) is 20.3. The van der Waals surface area contributed by atoms with Gasteiger partial charge in [0.25, 0.3) is 0 Å². The fraction of sp³-hybridized carbons (Fsp3) is 0.0556. The number of hydrogen-bond acceptors (Lipinski definition) is 0. The van der Waals surface area contributed by atoms with Gasteiger partial charge in [-0.2, -0.15) is 0 Å². The van der Waals surface area contributed by atoms with E-state index >= 15 is 0 Å². The summed E-state index contributed by atoms with van der Waals surface area (Å²) in [4.78, 5) is 0. The zero-order valence-corrected chi connectivity index (χ0v) is 20.3. The molecule has 0 aliphatic heterocycles. The van der Waals surface area contributed by atoms with Gasteiger partial charge in [0.1, 0.15) is 0 Å². The van der Waals surface area contributed by atoms with Crippen LogP contribution in [0.4, 0.5) is 0 Å². The molecule has 0 aromatic heterocycles. The number of fused-ring (bicyclic) bond motifs is 4. The molecule has 0 N–H and O–H groups in total. The summed E-state index contributed by atoms with van der Waals surface area (Å²) < 4.78 is 0. The molecule has 0 heteroatoms. The molecule has 36 heavy (non-hydrogen) atoms. The van der Waals surface area contributed by atoms with Gasteiger partial charge < -0.3 is 0 Å². The SMILES string of the molecule is Cc1ccc2c(c1)C(c1ccccc1)(c1cccc(-c3ccccc3)c1)c1cc3ccccc3cc1-2. The van der Waals surface area contributed by atoms with Crippen LogP contribution < -0.4 is 0 Å². The smallest absolute Gasteiger partial charge is 0.0622 e. The Morgan fingerprint density at radius 2 is 1.03 bits per heavy atom. The van der Waals surface area contributed by atoms with E-state index in [9.17, 15) is 0 Å². The number of benzene rings is 6. The van der Waals surface area contributed by atoms with Crippen molar-refractivity contribution in [3.63, 3.8) is 0 Å². The van der Waals surface area contributed by atoms with Crippen molar-refractivity contribution in [2.75, 3.05) is 0 Å². The van der Waals surface area contributed by atoms with Crippen molar-refractivity contribution in [2.45, 2.75) is 12.3 Å². The molecule has 1 unspecified atom stereocenters. The van der Waals surface area contributed by atoms with Crippen LogP contribution in [0, 0.1) is 6.92 Å². The van der Waals surface area contributed by atoms with Gasteiger partial charge in [-0.3, -0.25) is 0 Å².